The molecular weight excluding hydrogens is 126 g/mol. The van der Waals surface area contributed by atoms with Gasteiger partial charge in [-0.25, -0.2) is 0 Å². The third kappa shape index (κ3) is 3.28. The summed E-state index contributed by atoms with van der Waals surface area (Å²) in [7, 11) is 0. The van der Waals surface area contributed by atoms with E-state index in [1.165, 1.54) is 0 Å². The first-order valence-electron chi connectivity index (χ1n) is 3.56. The number of carbonyl (C=O) groups is 1. The molecule has 0 saturated carbocycles. The highest BCUT2D eigenvalue weighted by molar-refractivity contribution is 5.79. The highest BCUT2D eigenvalue weighted by Gasteiger charge is 2.05. The zero-order chi connectivity index (χ0) is 8.15. The van der Waals surface area contributed by atoms with E-state index >= 15 is 0 Å². The normalized spacial score (nSPS) is 9.60. The van der Waals surface area contributed by atoms with Gasteiger partial charge in [0, 0.05) is 11.6 Å². The van der Waals surface area contributed by atoms with Crippen LogP contribution in [0.3, 0.4) is 0 Å². The van der Waals surface area contributed by atoms with Crippen LogP contribution in [0.5, 0.6) is 0 Å². The fourth-order valence-corrected chi connectivity index (χ4v) is 0.407. The van der Waals surface area contributed by atoms with E-state index in [4.69, 9.17) is 0 Å². The quantitative estimate of drug-likeness (QED) is 0.636. The van der Waals surface area contributed by atoms with Crippen LogP contribution in [0.25, 0.3) is 0 Å². The van der Waals surface area contributed by atoms with E-state index in [1.807, 2.05) is 20.8 Å². The van der Waals surface area contributed by atoms with Crippen LogP contribution in [-0.4, -0.2) is 5.91 Å². The molecule has 0 rings (SSSR count). The van der Waals surface area contributed by atoms with E-state index in [1.54, 1.807) is 0 Å². The number of amides is 1. The molecule has 0 bridgehead atoms. The number of allylic oxidation sites excluding steroid dienone is 1. The molecule has 0 aromatic carbocycles. The molecule has 0 aliphatic heterocycles. The molecule has 0 aromatic heterocycles. The van der Waals surface area contributed by atoms with Crippen LogP contribution in [0.1, 0.15) is 27.2 Å². The maximum absolute atomic E-state index is 10.9. The Labute approximate surface area is 62.3 Å². The standard InChI is InChI=1S/C8H15NO/c1-5-7(4)9-8(10)6(2)3/h6H,4-5H2,1-3H3,(H,9,10). The van der Waals surface area contributed by atoms with Crippen LogP contribution in [0.4, 0.5) is 0 Å². The van der Waals surface area contributed by atoms with Crippen molar-refractivity contribution in [3.63, 3.8) is 0 Å². The summed E-state index contributed by atoms with van der Waals surface area (Å²) in [6.07, 6.45) is 0.804. The maximum Gasteiger partial charge on any atom is 0.226 e. The van der Waals surface area contributed by atoms with Gasteiger partial charge in [0.2, 0.25) is 5.91 Å². The molecule has 0 saturated heterocycles. The molecule has 1 amide bonds. The van der Waals surface area contributed by atoms with Gasteiger partial charge < -0.3 is 5.32 Å². The van der Waals surface area contributed by atoms with Gasteiger partial charge in [-0.15, -0.1) is 0 Å². The molecule has 0 aliphatic carbocycles. The lowest BCUT2D eigenvalue weighted by Gasteiger charge is -2.07. The third-order valence-electron chi connectivity index (χ3n) is 1.25. The molecule has 0 aliphatic rings. The van der Waals surface area contributed by atoms with Crippen molar-refractivity contribution in [2.45, 2.75) is 27.2 Å². The second-order valence-corrected chi connectivity index (χ2v) is 2.60. The Balaban J connectivity index is 3.69. The van der Waals surface area contributed by atoms with E-state index in [0.717, 1.165) is 12.1 Å². The van der Waals surface area contributed by atoms with Gasteiger partial charge in [-0.3, -0.25) is 4.79 Å². The highest BCUT2D eigenvalue weighted by Crippen LogP contribution is 1.95. The summed E-state index contributed by atoms with van der Waals surface area (Å²) < 4.78 is 0. The Bertz CT molecular complexity index is 138. The van der Waals surface area contributed by atoms with Crippen molar-refractivity contribution in [2.24, 2.45) is 5.92 Å². The molecule has 10 heavy (non-hydrogen) atoms. The molecule has 2 heteroatoms. The zero-order valence-electron chi connectivity index (χ0n) is 6.90. The Kier molecular flexibility index (Phi) is 3.77. The fraction of sp³-hybridized carbons (Fsp3) is 0.625. The number of hydrogen-bond acceptors (Lipinski definition) is 1. The topological polar surface area (TPSA) is 29.1 Å². The monoisotopic (exact) mass is 141 g/mol. The molecule has 0 fully saturated rings. The summed E-state index contributed by atoms with van der Waals surface area (Å²) in [4.78, 5) is 10.9. The van der Waals surface area contributed by atoms with Crippen LogP contribution < -0.4 is 5.32 Å². The summed E-state index contributed by atoms with van der Waals surface area (Å²) in [6, 6.07) is 0. The molecule has 0 atom stereocenters. The summed E-state index contributed by atoms with van der Waals surface area (Å²) in [5, 5.41) is 2.70. The molecule has 1 N–H and O–H groups in total. The van der Waals surface area contributed by atoms with Crippen LogP contribution in [-0.2, 0) is 4.79 Å². The summed E-state index contributed by atoms with van der Waals surface area (Å²) in [5.74, 6) is 0.0927. The van der Waals surface area contributed by atoms with Crippen molar-refractivity contribution in [1.82, 2.24) is 5.32 Å². The van der Waals surface area contributed by atoms with Crippen molar-refractivity contribution >= 4 is 5.91 Å². The first-order chi connectivity index (χ1) is 4.57. The molecule has 0 heterocycles. The molecule has 0 unspecified atom stereocenters. The van der Waals surface area contributed by atoms with Gasteiger partial charge in [-0.05, 0) is 6.42 Å². The van der Waals surface area contributed by atoms with E-state index in [0.29, 0.717) is 0 Å². The number of rotatable bonds is 3. The number of hydrogen-bond donors (Lipinski definition) is 1. The minimum atomic E-state index is 0.0447. The highest BCUT2D eigenvalue weighted by atomic mass is 16.1. The molecule has 0 radical (unpaired) electrons. The van der Waals surface area contributed by atoms with E-state index < -0.39 is 0 Å². The van der Waals surface area contributed by atoms with Crippen LogP contribution in [0.2, 0.25) is 0 Å². The van der Waals surface area contributed by atoms with E-state index in [-0.39, 0.29) is 11.8 Å². The smallest absolute Gasteiger partial charge is 0.226 e. The van der Waals surface area contributed by atoms with Crippen LogP contribution in [0, 0.1) is 5.92 Å². The van der Waals surface area contributed by atoms with Gasteiger partial charge in [0.05, 0.1) is 0 Å². The van der Waals surface area contributed by atoms with Gasteiger partial charge in [0.15, 0.2) is 0 Å². The Hall–Kier alpha value is -0.790. The van der Waals surface area contributed by atoms with E-state index in [2.05, 4.69) is 11.9 Å². The van der Waals surface area contributed by atoms with Crippen molar-refractivity contribution in [3.8, 4) is 0 Å². The van der Waals surface area contributed by atoms with Gasteiger partial charge >= 0.3 is 0 Å². The predicted molar refractivity (Wildman–Crippen MR) is 42.4 cm³/mol. The summed E-state index contributed by atoms with van der Waals surface area (Å²) in [5.41, 5.74) is 0.790. The average Bonchev–Trinajstić information content (AvgIpc) is 1.87. The molecule has 58 valence electrons. The lowest BCUT2D eigenvalue weighted by atomic mass is 10.2. The lowest BCUT2D eigenvalue weighted by molar-refractivity contribution is -0.123. The van der Waals surface area contributed by atoms with E-state index in [9.17, 15) is 4.79 Å². The van der Waals surface area contributed by atoms with Crippen molar-refractivity contribution in [3.05, 3.63) is 12.3 Å². The second kappa shape index (κ2) is 4.09. The fourth-order valence-electron chi connectivity index (χ4n) is 0.407. The molecule has 2 nitrogen and oxygen atoms in total. The van der Waals surface area contributed by atoms with Gasteiger partial charge in [0.1, 0.15) is 0 Å². The van der Waals surface area contributed by atoms with Crippen molar-refractivity contribution in [2.75, 3.05) is 0 Å². The van der Waals surface area contributed by atoms with Crippen molar-refractivity contribution in [1.29, 1.82) is 0 Å². The first kappa shape index (κ1) is 9.21. The summed E-state index contributed by atoms with van der Waals surface area (Å²) >= 11 is 0. The molecule has 0 aromatic rings. The Morgan fingerprint density at radius 1 is 1.60 bits per heavy atom. The SMILES string of the molecule is C=C(CC)NC(=O)C(C)C. The van der Waals surface area contributed by atoms with Crippen LogP contribution >= 0.6 is 0 Å². The van der Waals surface area contributed by atoms with Gasteiger partial charge in [-0.2, -0.15) is 0 Å². The van der Waals surface area contributed by atoms with Crippen LogP contribution in [0.15, 0.2) is 12.3 Å². The average molecular weight is 141 g/mol. The minimum absolute atomic E-state index is 0.0447. The van der Waals surface area contributed by atoms with Crippen molar-refractivity contribution < 1.29 is 4.79 Å². The Morgan fingerprint density at radius 3 is 2.40 bits per heavy atom. The van der Waals surface area contributed by atoms with Gasteiger partial charge in [0.25, 0.3) is 0 Å². The third-order valence-corrected chi connectivity index (χ3v) is 1.25. The Morgan fingerprint density at radius 2 is 2.10 bits per heavy atom. The minimum Gasteiger partial charge on any atom is -0.330 e. The lowest BCUT2D eigenvalue weighted by Crippen LogP contribution is -2.26. The number of nitrogens with one attached hydrogen (secondary N) is 1. The molecular formula is C8H15NO. The first-order valence-corrected chi connectivity index (χ1v) is 3.56. The van der Waals surface area contributed by atoms with Gasteiger partial charge in [-0.1, -0.05) is 27.4 Å². The zero-order valence-corrected chi connectivity index (χ0v) is 6.90. The number of carbonyl (C=O) groups excluding carboxylic acids is 1. The maximum atomic E-state index is 10.9. The molecule has 0 spiro atoms. The summed E-state index contributed by atoms with van der Waals surface area (Å²) in [6.45, 7) is 9.34. The second-order valence-electron chi connectivity index (χ2n) is 2.60. The predicted octanol–water partition coefficient (Wildman–Crippen LogP) is 1.68. The largest absolute Gasteiger partial charge is 0.330 e.